The fraction of sp³-hybridized carbons (Fsp3) is 0.444. The molecule has 2 aromatic carbocycles. The molecule has 2 aliphatic carbocycles. The van der Waals surface area contributed by atoms with Crippen molar-refractivity contribution in [1.29, 1.82) is 0 Å². The maximum Gasteiger partial charge on any atom is 0.214 e. The topological polar surface area (TPSA) is 92.7 Å². The maximum absolute atomic E-state index is 13.5. The van der Waals surface area contributed by atoms with Crippen molar-refractivity contribution in [1.82, 2.24) is 4.72 Å². The number of rotatable bonds is 5. The lowest BCUT2D eigenvalue weighted by Crippen LogP contribution is -2.49. The van der Waals surface area contributed by atoms with Gasteiger partial charge >= 0.3 is 0 Å². The van der Waals surface area contributed by atoms with Crippen molar-refractivity contribution in [2.45, 2.75) is 52.1 Å². The molecule has 2 aromatic rings. The quantitative estimate of drug-likeness (QED) is 0.706. The van der Waals surface area contributed by atoms with Crippen LogP contribution in [0, 0.1) is 16.7 Å². The molecule has 1 heterocycles. The van der Waals surface area contributed by atoms with E-state index < -0.39 is 27.5 Å². The number of ketones is 2. The van der Waals surface area contributed by atoms with Gasteiger partial charge in [-0.25, -0.2) is 8.42 Å². The molecule has 4 atom stereocenters. The molecule has 0 spiro atoms. The van der Waals surface area contributed by atoms with Gasteiger partial charge < -0.3 is 0 Å². The SMILES string of the molecule is CC1C(=O)C(NS(=O)(=O)CC23CCC(CC2=O)C3(C)C)N=C(c2ccccc2)c2ccccc21. The van der Waals surface area contributed by atoms with Crippen LogP contribution in [0.5, 0.6) is 0 Å². The van der Waals surface area contributed by atoms with E-state index in [9.17, 15) is 18.0 Å². The Morgan fingerprint density at radius 3 is 2.35 bits per heavy atom. The van der Waals surface area contributed by atoms with Crippen LogP contribution in [0.1, 0.15) is 62.6 Å². The molecule has 6 nitrogen and oxygen atoms in total. The number of hydrogen-bond acceptors (Lipinski definition) is 5. The molecule has 0 radical (unpaired) electrons. The zero-order valence-electron chi connectivity index (χ0n) is 19.7. The Bertz CT molecular complexity index is 1300. The maximum atomic E-state index is 13.5. The van der Waals surface area contributed by atoms with Crippen molar-refractivity contribution >= 4 is 27.3 Å². The highest BCUT2D eigenvalue weighted by molar-refractivity contribution is 7.89. The van der Waals surface area contributed by atoms with E-state index >= 15 is 0 Å². The Hall–Kier alpha value is -2.64. The van der Waals surface area contributed by atoms with Gasteiger partial charge in [0, 0.05) is 28.9 Å². The normalized spacial score (nSPS) is 30.1. The summed E-state index contributed by atoms with van der Waals surface area (Å²) >= 11 is 0. The van der Waals surface area contributed by atoms with E-state index in [1.165, 1.54) is 0 Å². The van der Waals surface area contributed by atoms with Gasteiger partial charge in [0.2, 0.25) is 10.0 Å². The zero-order chi connectivity index (χ0) is 24.3. The van der Waals surface area contributed by atoms with Crippen molar-refractivity contribution in [2.24, 2.45) is 21.7 Å². The number of nitrogens with zero attached hydrogens (tertiary/aromatic N) is 1. The fourth-order valence-corrected chi connectivity index (χ4v) is 8.22. The molecule has 178 valence electrons. The molecule has 1 N–H and O–H groups in total. The minimum absolute atomic E-state index is 0.0283. The first-order valence-corrected chi connectivity index (χ1v) is 13.5. The summed E-state index contributed by atoms with van der Waals surface area (Å²) < 4.78 is 29.5. The minimum Gasteiger partial charge on any atom is -0.299 e. The van der Waals surface area contributed by atoms with E-state index in [4.69, 9.17) is 0 Å². The molecule has 2 saturated carbocycles. The number of carbonyl (C=O) groups excluding carboxylic acids is 2. The highest BCUT2D eigenvalue weighted by Crippen LogP contribution is 2.64. The molecular formula is C27H30N2O4S. The number of hydrogen-bond donors (Lipinski definition) is 1. The molecule has 34 heavy (non-hydrogen) atoms. The molecule has 4 unspecified atom stereocenters. The molecule has 1 aliphatic heterocycles. The lowest BCUT2D eigenvalue weighted by molar-refractivity contribution is -0.128. The molecule has 0 saturated heterocycles. The first-order chi connectivity index (χ1) is 16.1. The molecule has 5 rings (SSSR count). The summed E-state index contributed by atoms with van der Waals surface area (Å²) in [7, 11) is -3.98. The van der Waals surface area contributed by atoms with Gasteiger partial charge in [0.15, 0.2) is 11.9 Å². The van der Waals surface area contributed by atoms with Gasteiger partial charge in [0.1, 0.15) is 5.78 Å². The monoisotopic (exact) mass is 478 g/mol. The second kappa shape index (κ2) is 7.95. The number of benzene rings is 2. The number of aliphatic imine (C=N–C) groups is 1. The summed E-state index contributed by atoms with van der Waals surface area (Å²) in [5.41, 5.74) is 1.75. The standard InChI is InChI=1S/C27H30N2O4S/c1-17-20-11-7-8-12-21(20)23(18-9-5-4-6-10-18)28-25(24(17)31)29-34(32,33)16-27-14-13-19(15-22(27)30)26(27,2)3/h4-12,17,19,25,29H,13-16H2,1-3H3. The van der Waals surface area contributed by atoms with Crippen molar-refractivity contribution in [3.63, 3.8) is 0 Å². The van der Waals surface area contributed by atoms with Crippen LogP contribution in [0.2, 0.25) is 0 Å². The molecule has 0 amide bonds. The summed E-state index contributed by atoms with van der Waals surface area (Å²) in [5, 5.41) is 0. The van der Waals surface area contributed by atoms with E-state index in [0.717, 1.165) is 23.1 Å². The van der Waals surface area contributed by atoms with Crippen LogP contribution in [0.3, 0.4) is 0 Å². The van der Waals surface area contributed by atoms with Crippen LogP contribution in [0.4, 0.5) is 0 Å². The second-order valence-electron chi connectivity index (χ2n) is 10.5. The highest BCUT2D eigenvalue weighted by Gasteiger charge is 2.65. The van der Waals surface area contributed by atoms with Gasteiger partial charge in [0.25, 0.3) is 0 Å². The summed E-state index contributed by atoms with van der Waals surface area (Å²) in [4.78, 5) is 31.0. The first kappa shape index (κ1) is 23.1. The van der Waals surface area contributed by atoms with Gasteiger partial charge in [-0.3, -0.25) is 14.6 Å². The van der Waals surface area contributed by atoms with E-state index in [-0.39, 0.29) is 28.7 Å². The largest absolute Gasteiger partial charge is 0.299 e. The lowest BCUT2D eigenvalue weighted by atomic mass is 9.70. The predicted molar refractivity (Wildman–Crippen MR) is 131 cm³/mol. The molecule has 2 fully saturated rings. The average Bonchev–Trinajstić information content (AvgIpc) is 3.10. The Balaban J connectivity index is 1.53. The summed E-state index contributed by atoms with van der Waals surface area (Å²) in [6.45, 7) is 5.80. The molecular weight excluding hydrogens is 448 g/mol. The van der Waals surface area contributed by atoms with Gasteiger partial charge in [-0.15, -0.1) is 0 Å². The van der Waals surface area contributed by atoms with Gasteiger partial charge in [-0.1, -0.05) is 75.4 Å². The Morgan fingerprint density at radius 1 is 1.03 bits per heavy atom. The Kier molecular flexibility index (Phi) is 5.41. The first-order valence-electron chi connectivity index (χ1n) is 11.9. The average molecular weight is 479 g/mol. The summed E-state index contributed by atoms with van der Waals surface area (Å²) in [6, 6.07) is 17.1. The second-order valence-corrected chi connectivity index (χ2v) is 12.3. The summed E-state index contributed by atoms with van der Waals surface area (Å²) in [6.07, 6.45) is 0.617. The van der Waals surface area contributed by atoms with Crippen LogP contribution >= 0.6 is 0 Å². The third kappa shape index (κ3) is 3.48. The molecule has 3 aliphatic rings. The van der Waals surface area contributed by atoms with E-state index in [0.29, 0.717) is 18.6 Å². The van der Waals surface area contributed by atoms with Crippen LogP contribution in [-0.4, -0.2) is 37.6 Å². The van der Waals surface area contributed by atoms with E-state index in [1.54, 1.807) is 6.92 Å². The third-order valence-electron chi connectivity index (χ3n) is 8.55. The minimum atomic E-state index is -3.98. The Morgan fingerprint density at radius 2 is 1.71 bits per heavy atom. The predicted octanol–water partition coefficient (Wildman–Crippen LogP) is 3.85. The van der Waals surface area contributed by atoms with Crippen LogP contribution in [0.15, 0.2) is 59.6 Å². The molecule has 2 bridgehead atoms. The van der Waals surface area contributed by atoms with Gasteiger partial charge in [-0.2, -0.15) is 4.72 Å². The number of Topliss-reactive ketones (excluding diaryl/α,β-unsaturated/α-hetero) is 2. The van der Waals surface area contributed by atoms with Crippen molar-refractivity contribution in [3.8, 4) is 0 Å². The lowest BCUT2D eigenvalue weighted by Gasteiger charge is -2.36. The summed E-state index contributed by atoms with van der Waals surface area (Å²) in [5.74, 6) is -0.899. The van der Waals surface area contributed by atoms with E-state index in [1.807, 2.05) is 68.4 Å². The van der Waals surface area contributed by atoms with Gasteiger partial charge in [-0.05, 0) is 29.7 Å². The number of sulfonamides is 1. The Labute approximate surface area is 200 Å². The van der Waals surface area contributed by atoms with Crippen LogP contribution in [-0.2, 0) is 19.6 Å². The zero-order valence-corrected chi connectivity index (χ0v) is 20.6. The van der Waals surface area contributed by atoms with Crippen LogP contribution < -0.4 is 4.72 Å². The highest BCUT2D eigenvalue weighted by atomic mass is 32.2. The number of nitrogens with one attached hydrogen (secondary N) is 1. The molecule has 0 aromatic heterocycles. The molecule has 7 heteroatoms. The van der Waals surface area contributed by atoms with Crippen LogP contribution in [0.25, 0.3) is 0 Å². The third-order valence-corrected chi connectivity index (χ3v) is 10.0. The van der Waals surface area contributed by atoms with E-state index in [2.05, 4.69) is 9.71 Å². The number of fused-ring (bicyclic) bond motifs is 3. The van der Waals surface area contributed by atoms with Crippen molar-refractivity contribution < 1.29 is 18.0 Å². The van der Waals surface area contributed by atoms with Crippen molar-refractivity contribution in [2.75, 3.05) is 5.75 Å². The van der Waals surface area contributed by atoms with Gasteiger partial charge in [0.05, 0.1) is 11.5 Å². The smallest absolute Gasteiger partial charge is 0.214 e. The number of carbonyl (C=O) groups is 2. The fourth-order valence-electron chi connectivity index (χ4n) is 6.30. The van der Waals surface area contributed by atoms with Crippen molar-refractivity contribution in [3.05, 3.63) is 71.3 Å².